The van der Waals surface area contributed by atoms with E-state index in [1.54, 1.807) is 26.4 Å². The number of rotatable bonds is 4. The van der Waals surface area contributed by atoms with Crippen LogP contribution in [0.15, 0.2) is 12.1 Å². The van der Waals surface area contributed by atoms with E-state index < -0.39 is 0 Å². The molecule has 0 heterocycles. The van der Waals surface area contributed by atoms with Crippen molar-refractivity contribution >= 4 is 0 Å². The largest absolute Gasteiger partial charge is 0.507 e. The van der Waals surface area contributed by atoms with Crippen molar-refractivity contribution in [3.05, 3.63) is 17.7 Å². The molecule has 0 spiro atoms. The molecular weight excluding hydrogens is 192 g/mol. The van der Waals surface area contributed by atoms with Crippen LogP contribution in [0.4, 0.5) is 0 Å². The summed E-state index contributed by atoms with van der Waals surface area (Å²) in [6, 6.07) is 3.40. The summed E-state index contributed by atoms with van der Waals surface area (Å²) < 4.78 is 10.3. The lowest BCUT2D eigenvalue weighted by Gasteiger charge is -2.14. The summed E-state index contributed by atoms with van der Waals surface area (Å²) in [4.78, 5) is 0. The van der Waals surface area contributed by atoms with Crippen molar-refractivity contribution in [3.63, 3.8) is 0 Å². The van der Waals surface area contributed by atoms with E-state index in [2.05, 4.69) is 13.8 Å². The zero-order valence-corrected chi connectivity index (χ0v) is 9.70. The third kappa shape index (κ3) is 2.78. The second-order valence-corrected chi connectivity index (χ2v) is 3.93. The maximum atomic E-state index is 9.82. The first-order valence-corrected chi connectivity index (χ1v) is 5.02. The maximum Gasteiger partial charge on any atom is 0.129 e. The van der Waals surface area contributed by atoms with E-state index in [0.717, 1.165) is 12.0 Å². The summed E-state index contributed by atoms with van der Waals surface area (Å²) in [7, 11) is 3.16. The van der Waals surface area contributed by atoms with Crippen LogP contribution < -0.4 is 9.47 Å². The molecule has 0 atom stereocenters. The second-order valence-electron chi connectivity index (χ2n) is 3.93. The standard InChI is InChI=1S/C12H18O3/c1-8(2)5-10-11(13)6-9(14-3)7-12(10)15-4/h6-8,13H,5H2,1-4H3. The van der Waals surface area contributed by atoms with Crippen LogP contribution in [0.25, 0.3) is 0 Å². The molecule has 0 aromatic heterocycles. The van der Waals surface area contributed by atoms with Crippen molar-refractivity contribution in [2.45, 2.75) is 20.3 Å². The zero-order valence-electron chi connectivity index (χ0n) is 9.70. The Morgan fingerprint density at radius 3 is 2.33 bits per heavy atom. The lowest BCUT2D eigenvalue weighted by atomic mass is 10.0. The molecule has 1 N–H and O–H groups in total. The summed E-state index contributed by atoms with van der Waals surface area (Å²) in [5, 5.41) is 9.82. The third-order valence-electron chi connectivity index (χ3n) is 2.23. The summed E-state index contributed by atoms with van der Waals surface area (Å²) >= 11 is 0. The molecule has 1 rings (SSSR count). The predicted molar refractivity (Wildman–Crippen MR) is 59.8 cm³/mol. The van der Waals surface area contributed by atoms with Crippen LogP contribution >= 0.6 is 0 Å². The van der Waals surface area contributed by atoms with Crippen molar-refractivity contribution in [1.29, 1.82) is 0 Å². The van der Waals surface area contributed by atoms with E-state index in [1.807, 2.05) is 0 Å². The fourth-order valence-corrected chi connectivity index (χ4v) is 1.52. The fourth-order valence-electron chi connectivity index (χ4n) is 1.52. The highest BCUT2D eigenvalue weighted by Crippen LogP contribution is 2.34. The molecule has 0 unspecified atom stereocenters. The quantitative estimate of drug-likeness (QED) is 0.830. The maximum absolute atomic E-state index is 9.82. The number of ether oxygens (including phenoxy) is 2. The zero-order chi connectivity index (χ0) is 11.4. The molecule has 1 aromatic rings. The first kappa shape index (κ1) is 11.7. The second kappa shape index (κ2) is 4.91. The topological polar surface area (TPSA) is 38.7 Å². The highest BCUT2D eigenvalue weighted by molar-refractivity contribution is 5.50. The molecule has 15 heavy (non-hydrogen) atoms. The summed E-state index contributed by atoms with van der Waals surface area (Å²) in [5.41, 5.74) is 0.841. The Balaban J connectivity index is 3.12. The summed E-state index contributed by atoms with van der Waals surface area (Å²) in [6.07, 6.45) is 0.791. The number of phenols is 1. The van der Waals surface area contributed by atoms with Crippen molar-refractivity contribution in [1.82, 2.24) is 0 Å². The Bertz CT molecular complexity index is 332. The number of aromatic hydroxyl groups is 1. The Kier molecular flexibility index (Phi) is 3.83. The minimum absolute atomic E-state index is 0.236. The van der Waals surface area contributed by atoms with Gasteiger partial charge in [-0.25, -0.2) is 0 Å². The molecule has 0 radical (unpaired) electrons. The van der Waals surface area contributed by atoms with Gasteiger partial charge in [0.15, 0.2) is 0 Å². The van der Waals surface area contributed by atoms with Crippen molar-refractivity contribution in [2.75, 3.05) is 14.2 Å². The Hall–Kier alpha value is -1.38. The van der Waals surface area contributed by atoms with Crippen LogP contribution in [0.3, 0.4) is 0 Å². The molecule has 0 aliphatic heterocycles. The lowest BCUT2D eigenvalue weighted by molar-refractivity contribution is 0.376. The van der Waals surface area contributed by atoms with Crippen LogP contribution in [0.5, 0.6) is 17.2 Å². The van der Waals surface area contributed by atoms with Gasteiger partial charge >= 0.3 is 0 Å². The molecule has 0 amide bonds. The van der Waals surface area contributed by atoms with Crippen LogP contribution in [0.2, 0.25) is 0 Å². The van der Waals surface area contributed by atoms with Crippen LogP contribution in [0.1, 0.15) is 19.4 Å². The predicted octanol–water partition coefficient (Wildman–Crippen LogP) is 2.61. The molecule has 0 aliphatic rings. The van der Waals surface area contributed by atoms with Gasteiger partial charge in [0.05, 0.1) is 14.2 Å². The fraction of sp³-hybridized carbons (Fsp3) is 0.500. The average Bonchev–Trinajstić information content (AvgIpc) is 2.20. The van der Waals surface area contributed by atoms with E-state index in [4.69, 9.17) is 9.47 Å². The summed E-state index contributed by atoms with van der Waals surface area (Å²) in [5.74, 6) is 2.00. The smallest absolute Gasteiger partial charge is 0.129 e. The van der Waals surface area contributed by atoms with E-state index in [0.29, 0.717) is 17.4 Å². The average molecular weight is 210 g/mol. The van der Waals surface area contributed by atoms with Gasteiger partial charge in [0, 0.05) is 17.7 Å². The number of methoxy groups -OCH3 is 2. The third-order valence-corrected chi connectivity index (χ3v) is 2.23. The van der Waals surface area contributed by atoms with Gasteiger partial charge in [-0.2, -0.15) is 0 Å². The molecular formula is C12H18O3. The molecule has 3 heteroatoms. The summed E-state index contributed by atoms with van der Waals surface area (Å²) in [6.45, 7) is 4.20. The van der Waals surface area contributed by atoms with Gasteiger partial charge in [-0.15, -0.1) is 0 Å². The molecule has 0 saturated heterocycles. The first-order chi connectivity index (χ1) is 7.08. The highest BCUT2D eigenvalue weighted by atomic mass is 16.5. The minimum Gasteiger partial charge on any atom is -0.507 e. The van der Waals surface area contributed by atoms with Crippen molar-refractivity contribution in [2.24, 2.45) is 5.92 Å². The van der Waals surface area contributed by atoms with Gasteiger partial charge in [-0.3, -0.25) is 0 Å². The van der Waals surface area contributed by atoms with Crippen LogP contribution in [-0.4, -0.2) is 19.3 Å². The van der Waals surface area contributed by atoms with Gasteiger partial charge in [0.1, 0.15) is 17.2 Å². The van der Waals surface area contributed by atoms with Gasteiger partial charge in [-0.1, -0.05) is 13.8 Å². The van der Waals surface area contributed by atoms with Crippen LogP contribution in [0, 0.1) is 5.92 Å². The van der Waals surface area contributed by atoms with Crippen LogP contribution in [-0.2, 0) is 6.42 Å². The SMILES string of the molecule is COc1cc(O)c(CC(C)C)c(OC)c1. The number of phenolic OH excluding ortho intramolecular Hbond substituents is 1. The minimum atomic E-state index is 0.236. The van der Waals surface area contributed by atoms with Gasteiger partial charge < -0.3 is 14.6 Å². The Morgan fingerprint density at radius 1 is 1.20 bits per heavy atom. The Labute approximate surface area is 90.6 Å². The number of hydrogen-bond donors (Lipinski definition) is 1. The Morgan fingerprint density at radius 2 is 1.87 bits per heavy atom. The molecule has 1 aromatic carbocycles. The van der Waals surface area contributed by atoms with E-state index in [9.17, 15) is 5.11 Å². The molecule has 0 bridgehead atoms. The van der Waals surface area contributed by atoms with Crippen molar-refractivity contribution < 1.29 is 14.6 Å². The first-order valence-electron chi connectivity index (χ1n) is 5.02. The van der Waals surface area contributed by atoms with Crippen molar-refractivity contribution in [3.8, 4) is 17.2 Å². The molecule has 0 saturated carbocycles. The van der Waals surface area contributed by atoms with Gasteiger partial charge in [0.25, 0.3) is 0 Å². The highest BCUT2D eigenvalue weighted by Gasteiger charge is 2.12. The number of hydrogen-bond acceptors (Lipinski definition) is 3. The van der Waals surface area contributed by atoms with Gasteiger partial charge in [0.2, 0.25) is 0 Å². The normalized spacial score (nSPS) is 10.5. The lowest BCUT2D eigenvalue weighted by Crippen LogP contribution is -1.99. The van der Waals surface area contributed by atoms with E-state index >= 15 is 0 Å². The monoisotopic (exact) mass is 210 g/mol. The van der Waals surface area contributed by atoms with Gasteiger partial charge in [-0.05, 0) is 12.3 Å². The number of benzene rings is 1. The molecule has 0 fully saturated rings. The molecule has 0 aliphatic carbocycles. The molecule has 84 valence electrons. The van der Waals surface area contributed by atoms with E-state index in [1.165, 1.54) is 0 Å². The van der Waals surface area contributed by atoms with E-state index in [-0.39, 0.29) is 5.75 Å². The molecule has 3 nitrogen and oxygen atoms in total.